The number of hydrogen-bond donors (Lipinski definition) is 0. The third-order valence-electron chi connectivity index (χ3n) is 3.81. The van der Waals surface area contributed by atoms with Crippen molar-refractivity contribution in [3.63, 3.8) is 0 Å². The summed E-state index contributed by atoms with van der Waals surface area (Å²) >= 11 is 6.09. The Hall–Kier alpha value is -2.00. The fraction of sp³-hybridized carbons (Fsp3) is 0.278. The minimum Gasteiger partial charge on any atom is -0.485 e. The molecule has 22 heavy (non-hydrogen) atoms. The molecule has 1 aliphatic rings. The average Bonchev–Trinajstić information content (AvgIpc) is 2.86. The van der Waals surface area contributed by atoms with Gasteiger partial charge in [0.15, 0.2) is 0 Å². The monoisotopic (exact) mass is 316 g/mol. The van der Waals surface area contributed by atoms with Crippen molar-refractivity contribution >= 4 is 17.6 Å². The maximum atomic E-state index is 11.9. The van der Waals surface area contributed by atoms with E-state index in [0.29, 0.717) is 18.1 Å². The highest BCUT2D eigenvalue weighted by atomic mass is 35.5. The fourth-order valence-corrected chi connectivity index (χ4v) is 3.08. The van der Waals surface area contributed by atoms with Crippen LogP contribution >= 0.6 is 11.6 Å². The molecule has 0 N–H and O–H groups in total. The molecular formula is C18H17ClO3. The molecule has 0 saturated carbocycles. The van der Waals surface area contributed by atoms with Gasteiger partial charge in [-0.3, -0.25) is 4.79 Å². The maximum Gasteiger partial charge on any atom is 0.306 e. The lowest BCUT2D eigenvalue weighted by molar-refractivity contribution is -0.144. The van der Waals surface area contributed by atoms with Crippen molar-refractivity contribution in [3.8, 4) is 5.75 Å². The van der Waals surface area contributed by atoms with E-state index in [1.807, 2.05) is 55.5 Å². The zero-order chi connectivity index (χ0) is 15.5. The van der Waals surface area contributed by atoms with Crippen molar-refractivity contribution in [3.05, 3.63) is 64.7 Å². The summed E-state index contributed by atoms with van der Waals surface area (Å²) in [5.74, 6) is 0.551. The summed E-state index contributed by atoms with van der Waals surface area (Å²) in [6, 6.07) is 15.4. The number of benzene rings is 2. The molecule has 0 bridgehead atoms. The second-order valence-corrected chi connectivity index (χ2v) is 5.68. The first-order chi connectivity index (χ1) is 10.7. The summed E-state index contributed by atoms with van der Waals surface area (Å²) in [5.41, 5.74) is 2.01. The molecule has 0 aliphatic carbocycles. The Morgan fingerprint density at radius 3 is 2.82 bits per heavy atom. The minimum atomic E-state index is -0.222. The van der Waals surface area contributed by atoms with Crippen LogP contribution in [0.15, 0.2) is 48.5 Å². The van der Waals surface area contributed by atoms with Gasteiger partial charge < -0.3 is 9.47 Å². The van der Waals surface area contributed by atoms with Crippen molar-refractivity contribution in [2.24, 2.45) is 0 Å². The second-order valence-electron chi connectivity index (χ2n) is 5.25. The number of hydrogen-bond acceptors (Lipinski definition) is 3. The van der Waals surface area contributed by atoms with E-state index < -0.39 is 0 Å². The lowest BCUT2D eigenvalue weighted by Crippen LogP contribution is -2.15. The molecule has 114 valence electrons. The molecule has 0 amide bonds. The second kappa shape index (κ2) is 6.41. The smallest absolute Gasteiger partial charge is 0.306 e. The van der Waals surface area contributed by atoms with E-state index in [4.69, 9.17) is 21.1 Å². The number of fused-ring (bicyclic) bond motifs is 1. The summed E-state index contributed by atoms with van der Waals surface area (Å²) in [6.45, 7) is 2.20. The van der Waals surface area contributed by atoms with Gasteiger partial charge in [-0.2, -0.15) is 0 Å². The van der Waals surface area contributed by atoms with Crippen LogP contribution in [0.4, 0.5) is 0 Å². The van der Waals surface area contributed by atoms with E-state index in [-0.39, 0.29) is 18.0 Å². The van der Waals surface area contributed by atoms with Gasteiger partial charge in [0.05, 0.1) is 13.0 Å². The average molecular weight is 317 g/mol. The SMILES string of the molecule is CCOC(=O)CC1c2ccccc2OC1c1cccc(Cl)c1. The molecule has 0 fully saturated rings. The van der Waals surface area contributed by atoms with Crippen LogP contribution < -0.4 is 4.74 Å². The molecule has 3 rings (SSSR count). The Morgan fingerprint density at radius 2 is 2.05 bits per heavy atom. The number of para-hydroxylation sites is 1. The lowest BCUT2D eigenvalue weighted by atomic mass is 9.88. The molecule has 2 aromatic rings. The van der Waals surface area contributed by atoms with Crippen molar-refractivity contribution < 1.29 is 14.3 Å². The summed E-state index contributed by atoms with van der Waals surface area (Å²) in [6.07, 6.45) is 0.0719. The van der Waals surface area contributed by atoms with Crippen molar-refractivity contribution in [2.75, 3.05) is 6.61 Å². The van der Waals surface area contributed by atoms with Gasteiger partial charge in [-0.05, 0) is 30.7 Å². The van der Waals surface area contributed by atoms with Gasteiger partial charge in [-0.25, -0.2) is 0 Å². The van der Waals surface area contributed by atoms with Crippen LogP contribution in [-0.4, -0.2) is 12.6 Å². The third kappa shape index (κ3) is 2.95. The number of carbonyl (C=O) groups is 1. The Morgan fingerprint density at radius 1 is 1.23 bits per heavy atom. The van der Waals surface area contributed by atoms with Crippen molar-refractivity contribution in [1.29, 1.82) is 0 Å². The highest BCUT2D eigenvalue weighted by Gasteiger charge is 2.37. The number of ether oxygens (including phenoxy) is 2. The predicted molar refractivity (Wildman–Crippen MR) is 85.3 cm³/mol. The van der Waals surface area contributed by atoms with Gasteiger partial charge in [0.1, 0.15) is 11.9 Å². The van der Waals surface area contributed by atoms with Gasteiger partial charge >= 0.3 is 5.97 Å². The molecule has 0 saturated heterocycles. The number of esters is 1. The zero-order valence-corrected chi connectivity index (χ0v) is 13.0. The van der Waals surface area contributed by atoms with Crippen LogP contribution in [0.2, 0.25) is 5.02 Å². The molecule has 0 radical (unpaired) electrons. The molecule has 2 aromatic carbocycles. The van der Waals surface area contributed by atoms with E-state index in [0.717, 1.165) is 16.9 Å². The van der Waals surface area contributed by atoms with E-state index in [1.54, 1.807) is 0 Å². The van der Waals surface area contributed by atoms with Crippen LogP contribution in [0.25, 0.3) is 0 Å². The Labute approximate surface area is 134 Å². The van der Waals surface area contributed by atoms with E-state index in [9.17, 15) is 4.79 Å². The molecule has 1 heterocycles. The molecule has 3 nitrogen and oxygen atoms in total. The number of carbonyl (C=O) groups excluding carboxylic acids is 1. The summed E-state index contributed by atoms with van der Waals surface area (Å²) in [5, 5.41) is 0.659. The number of halogens is 1. The Kier molecular flexibility index (Phi) is 4.34. The molecule has 4 heteroatoms. The van der Waals surface area contributed by atoms with Crippen molar-refractivity contribution in [1.82, 2.24) is 0 Å². The third-order valence-corrected chi connectivity index (χ3v) is 4.04. The van der Waals surface area contributed by atoms with E-state index >= 15 is 0 Å². The van der Waals surface area contributed by atoms with Gasteiger partial charge in [0.2, 0.25) is 0 Å². The van der Waals surface area contributed by atoms with Crippen LogP contribution in [0.5, 0.6) is 5.75 Å². The molecule has 0 spiro atoms. The highest BCUT2D eigenvalue weighted by molar-refractivity contribution is 6.30. The van der Waals surface area contributed by atoms with E-state index in [2.05, 4.69) is 0 Å². The fourth-order valence-electron chi connectivity index (χ4n) is 2.88. The van der Waals surface area contributed by atoms with Crippen LogP contribution in [-0.2, 0) is 9.53 Å². The highest BCUT2D eigenvalue weighted by Crippen LogP contribution is 2.47. The van der Waals surface area contributed by atoms with Gasteiger partial charge in [-0.1, -0.05) is 41.9 Å². The first-order valence-electron chi connectivity index (χ1n) is 7.35. The normalized spacial score (nSPS) is 19.4. The van der Waals surface area contributed by atoms with Crippen LogP contribution in [0.1, 0.15) is 36.5 Å². The standard InChI is InChI=1S/C18H17ClO3/c1-2-21-17(20)11-15-14-8-3-4-9-16(14)22-18(15)12-6-5-7-13(19)10-12/h3-10,15,18H,2,11H2,1H3. The first kappa shape index (κ1) is 14.9. The molecule has 2 unspecified atom stereocenters. The van der Waals surface area contributed by atoms with Gasteiger partial charge in [0.25, 0.3) is 0 Å². The summed E-state index contributed by atoms with van der Waals surface area (Å²) in [7, 11) is 0. The molecule has 2 atom stereocenters. The van der Waals surface area contributed by atoms with Gasteiger partial charge in [-0.15, -0.1) is 0 Å². The van der Waals surface area contributed by atoms with Crippen LogP contribution in [0, 0.1) is 0 Å². The van der Waals surface area contributed by atoms with E-state index in [1.165, 1.54) is 0 Å². The van der Waals surface area contributed by atoms with Gasteiger partial charge in [0, 0.05) is 16.5 Å². The largest absolute Gasteiger partial charge is 0.485 e. The quantitative estimate of drug-likeness (QED) is 0.778. The molecular weight excluding hydrogens is 300 g/mol. The summed E-state index contributed by atoms with van der Waals surface area (Å²) < 4.78 is 11.2. The van der Waals surface area contributed by atoms with Crippen molar-refractivity contribution in [2.45, 2.75) is 25.4 Å². The first-order valence-corrected chi connectivity index (χ1v) is 7.73. The molecule has 1 aliphatic heterocycles. The molecule has 0 aromatic heterocycles. The zero-order valence-electron chi connectivity index (χ0n) is 12.3. The minimum absolute atomic E-state index is 0.0614. The predicted octanol–water partition coefficient (Wildman–Crippen LogP) is 4.51. The lowest BCUT2D eigenvalue weighted by Gasteiger charge is -2.19. The van der Waals surface area contributed by atoms with Crippen LogP contribution in [0.3, 0.4) is 0 Å². The Bertz CT molecular complexity index is 684. The topological polar surface area (TPSA) is 35.5 Å². The maximum absolute atomic E-state index is 11.9. The summed E-state index contributed by atoms with van der Waals surface area (Å²) in [4.78, 5) is 11.9. The Balaban J connectivity index is 1.94. The number of rotatable bonds is 4.